The lowest BCUT2D eigenvalue weighted by atomic mass is 10.1. The summed E-state index contributed by atoms with van der Waals surface area (Å²) in [6.45, 7) is 10.1. The third kappa shape index (κ3) is 7.69. The van der Waals surface area contributed by atoms with Crippen LogP contribution in [0.3, 0.4) is 0 Å². The maximum Gasteiger partial charge on any atom is 0.242 e. The fraction of sp³-hybridized carbons (Fsp3) is 0.417. The number of benzene rings is 2. The molecule has 2 amide bonds. The van der Waals surface area contributed by atoms with Gasteiger partial charge in [0.15, 0.2) is 0 Å². The van der Waals surface area contributed by atoms with Crippen molar-refractivity contribution in [3.8, 4) is 0 Å². The molecule has 2 aromatic rings. The lowest BCUT2D eigenvalue weighted by Gasteiger charge is -2.29. The highest BCUT2D eigenvalue weighted by Gasteiger charge is 2.26. The van der Waals surface area contributed by atoms with Gasteiger partial charge in [0.25, 0.3) is 0 Å². The van der Waals surface area contributed by atoms with Crippen LogP contribution in [0.5, 0.6) is 0 Å². The number of hydrogen-bond donors (Lipinski definition) is 1. The largest absolute Gasteiger partial charge is 0.352 e. The van der Waals surface area contributed by atoms with Gasteiger partial charge in [-0.25, -0.2) is 0 Å². The summed E-state index contributed by atoms with van der Waals surface area (Å²) in [5.41, 5.74) is 4.59. The Bertz CT molecular complexity index is 848. The summed E-state index contributed by atoms with van der Waals surface area (Å²) in [6.07, 6.45) is 0. The van der Waals surface area contributed by atoms with Crippen LogP contribution in [-0.4, -0.2) is 34.6 Å². The average Bonchev–Trinajstić information content (AvgIpc) is 2.65. The lowest BCUT2D eigenvalue weighted by Crippen LogP contribution is -2.49. The van der Waals surface area contributed by atoms with Gasteiger partial charge in [0.1, 0.15) is 6.04 Å². The van der Waals surface area contributed by atoms with E-state index in [0.29, 0.717) is 17.3 Å². The fourth-order valence-electron chi connectivity index (χ4n) is 3.27. The van der Waals surface area contributed by atoms with Gasteiger partial charge in [0.05, 0.1) is 5.75 Å². The van der Waals surface area contributed by atoms with E-state index in [1.54, 1.807) is 35.7 Å². The lowest BCUT2D eigenvalue weighted by molar-refractivity contribution is -0.138. The van der Waals surface area contributed by atoms with Crippen molar-refractivity contribution in [1.29, 1.82) is 0 Å². The molecule has 1 unspecified atom stereocenters. The molecule has 1 atom stereocenters. The average molecular weight is 447 g/mol. The van der Waals surface area contributed by atoms with Crippen molar-refractivity contribution in [1.82, 2.24) is 10.2 Å². The Balaban J connectivity index is 2.08. The zero-order valence-electron chi connectivity index (χ0n) is 18.4. The summed E-state index contributed by atoms with van der Waals surface area (Å²) in [4.78, 5) is 27.3. The van der Waals surface area contributed by atoms with Crippen molar-refractivity contribution >= 4 is 35.2 Å². The van der Waals surface area contributed by atoms with E-state index in [1.807, 2.05) is 26.0 Å². The van der Waals surface area contributed by atoms with Gasteiger partial charge in [-0.2, -0.15) is 0 Å². The first-order valence-electron chi connectivity index (χ1n) is 10.1. The number of rotatable bonds is 9. The van der Waals surface area contributed by atoms with Crippen molar-refractivity contribution in [3.05, 3.63) is 69.7 Å². The molecule has 0 bridgehead atoms. The zero-order chi connectivity index (χ0) is 22.3. The van der Waals surface area contributed by atoms with Crippen LogP contribution >= 0.6 is 23.4 Å². The van der Waals surface area contributed by atoms with Crippen LogP contribution in [0, 0.1) is 13.8 Å². The highest BCUT2D eigenvalue weighted by molar-refractivity contribution is 7.99. The summed E-state index contributed by atoms with van der Waals surface area (Å²) in [7, 11) is 0. The minimum Gasteiger partial charge on any atom is -0.352 e. The van der Waals surface area contributed by atoms with Gasteiger partial charge in [-0.1, -0.05) is 53.1 Å². The van der Waals surface area contributed by atoms with Gasteiger partial charge >= 0.3 is 0 Å². The highest BCUT2D eigenvalue weighted by Crippen LogP contribution is 2.19. The minimum atomic E-state index is -0.558. The van der Waals surface area contributed by atoms with Crippen molar-refractivity contribution in [3.63, 3.8) is 0 Å². The fourth-order valence-corrected chi connectivity index (χ4v) is 4.24. The zero-order valence-corrected chi connectivity index (χ0v) is 19.9. The Morgan fingerprint density at radius 3 is 2.17 bits per heavy atom. The van der Waals surface area contributed by atoms with Crippen LogP contribution in [-0.2, 0) is 21.9 Å². The van der Waals surface area contributed by atoms with Gasteiger partial charge in [-0.05, 0) is 57.9 Å². The molecule has 0 aliphatic heterocycles. The molecule has 0 radical (unpaired) electrons. The molecule has 0 aromatic heterocycles. The predicted molar refractivity (Wildman–Crippen MR) is 127 cm³/mol. The van der Waals surface area contributed by atoms with E-state index in [4.69, 9.17) is 11.6 Å². The number of halogens is 1. The second-order valence-corrected chi connectivity index (χ2v) is 9.40. The van der Waals surface area contributed by atoms with Crippen LogP contribution < -0.4 is 5.32 Å². The normalized spacial score (nSPS) is 12.0. The highest BCUT2D eigenvalue weighted by atomic mass is 35.5. The van der Waals surface area contributed by atoms with E-state index >= 15 is 0 Å². The summed E-state index contributed by atoms with van der Waals surface area (Å²) < 4.78 is 0. The number of aryl methyl sites for hydroxylation is 2. The molecule has 0 saturated carbocycles. The monoisotopic (exact) mass is 446 g/mol. The Morgan fingerprint density at radius 1 is 1.00 bits per heavy atom. The summed E-state index contributed by atoms with van der Waals surface area (Å²) in [5.74, 6) is 0.882. The standard InChI is InChI=1S/C24H31ClN2O2S/c1-16(2)26-24(29)19(5)27(13-20-6-8-22(25)9-7-20)23(28)15-30-14-21-11-17(3)10-18(4)12-21/h6-12,16,19H,13-15H2,1-5H3,(H,26,29). The number of hydrogen-bond acceptors (Lipinski definition) is 3. The number of carbonyl (C=O) groups excluding carboxylic acids is 2. The van der Waals surface area contributed by atoms with Gasteiger partial charge in [0, 0.05) is 23.4 Å². The summed E-state index contributed by atoms with van der Waals surface area (Å²) in [6, 6.07) is 13.3. The summed E-state index contributed by atoms with van der Waals surface area (Å²) in [5, 5.41) is 3.55. The second kappa shape index (κ2) is 11.4. The van der Waals surface area contributed by atoms with Crippen molar-refractivity contribution < 1.29 is 9.59 Å². The van der Waals surface area contributed by atoms with E-state index in [1.165, 1.54) is 16.7 Å². The van der Waals surface area contributed by atoms with E-state index in [2.05, 4.69) is 37.4 Å². The molecular formula is C24H31ClN2O2S. The van der Waals surface area contributed by atoms with E-state index in [-0.39, 0.29) is 17.9 Å². The SMILES string of the molecule is Cc1cc(C)cc(CSCC(=O)N(Cc2ccc(Cl)cc2)C(C)C(=O)NC(C)C)c1. The number of thioether (sulfide) groups is 1. The quantitative estimate of drug-likeness (QED) is 0.580. The van der Waals surface area contributed by atoms with E-state index in [0.717, 1.165) is 11.3 Å². The maximum atomic E-state index is 13.1. The van der Waals surface area contributed by atoms with Crippen molar-refractivity contribution in [2.45, 2.75) is 59.0 Å². The summed E-state index contributed by atoms with van der Waals surface area (Å²) >= 11 is 7.55. The molecule has 0 aliphatic rings. The van der Waals surface area contributed by atoms with Crippen LogP contribution in [0.15, 0.2) is 42.5 Å². The predicted octanol–water partition coefficient (Wildman–Crippen LogP) is 5.13. The Hall–Kier alpha value is -1.98. The first-order chi connectivity index (χ1) is 14.2. The molecule has 6 heteroatoms. The van der Waals surface area contributed by atoms with Gasteiger partial charge in [-0.3, -0.25) is 9.59 Å². The van der Waals surface area contributed by atoms with Gasteiger partial charge in [0.2, 0.25) is 11.8 Å². The van der Waals surface area contributed by atoms with Crippen LogP contribution in [0.25, 0.3) is 0 Å². The smallest absolute Gasteiger partial charge is 0.242 e. The van der Waals surface area contributed by atoms with Crippen LogP contribution in [0.1, 0.15) is 43.0 Å². The van der Waals surface area contributed by atoms with Crippen LogP contribution in [0.2, 0.25) is 5.02 Å². The molecule has 0 heterocycles. The molecule has 30 heavy (non-hydrogen) atoms. The molecule has 4 nitrogen and oxygen atoms in total. The number of amides is 2. The van der Waals surface area contributed by atoms with Gasteiger partial charge in [-0.15, -0.1) is 11.8 Å². The number of nitrogens with one attached hydrogen (secondary N) is 1. The molecule has 0 fully saturated rings. The number of nitrogens with zero attached hydrogens (tertiary/aromatic N) is 1. The van der Waals surface area contributed by atoms with Crippen molar-refractivity contribution in [2.24, 2.45) is 0 Å². The molecule has 162 valence electrons. The Morgan fingerprint density at radius 2 is 1.60 bits per heavy atom. The third-order valence-electron chi connectivity index (χ3n) is 4.64. The minimum absolute atomic E-state index is 0.0198. The van der Waals surface area contributed by atoms with E-state index < -0.39 is 6.04 Å². The molecule has 0 saturated heterocycles. The maximum absolute atomic E-state index is 13.1. The molecule has 0 aliphatic carbocycles. The molecule has 2 rings (SSSR count). The molecule has 2 aromatic carbocycles. The first kappa shape index (κ1) is 24.3. The Kier molecular flexibility index (Phi) is 9.25. The van der Waals surface area contributed by atoms with Crippen molar-refractivity contribution in [2.75, 3.05) is 5.75 Å². The number of carbonyl (C=O) groups is 2. The second-order valence-electron chi connectivity index (χ2n) is 7.98. The molecule has 1 N–H and O–H groups in total. The molecular weight excluding hydrogens is 416 g/mol. The molecule has 0 spiro atoms. The first-order valence-corrected chi connectivity index (χ1v) is 11.7. The van der Waals surface area contributed by atoms with Gasteiger partial charge < -0.3 is 10.2 Å². The van der Waals surface area contributed by atoms with E-state index in [9.17, 15) is 9.59 Å². The third-order valence-corrected chi connectivity index (χ3v) is 5.88. The Labute approximate surface area is 189 Å². The van der Waals surface area contributed by atoms with Crippen LogP contribution in [0.4, 0.5) is 0 Å². The topological polar surface area (TPSA) is 49.4 Å².